The van der Waals surface area contributed by atoms with Crippen molar-refractivity contribution in [3.05, 3.63) is 79.2 Å². The van der Waals surface area contributed by atoms with Crippen molar-refractivity contribution in [2.24, 2.45) is 5.41 Å². The molecular weight excluding hydrogens is 354 g/mol. The summed E-state index contributed by atoms with van der Waals surface area (Å²) in [6.45, 7) is 4.39. The third-order valence-electron chi connectivity index (χ3n) is 4.80. The molecule has 1 N–H and O–H groups in total. The van der Waals surface area contributed by atoms with Crippen LogP contribution < -0.4 is 10.1 Å². The van der Waals surface area contributed by atoms with Gasteiger partial charge in [-0.15, -0.1) is 6.58 Å². The van der Waals surface area contributed by atoms with Gasteiger partial charge < -0.3 is 14.5 Å². The second-order valence-electron chi connectivity index (χ2n) is 6.80. The van der Waals surface area contributed by atoms with Crippen molar-refractivity contribution in [2.75, 3.05) is 6.54 Å². The van der Waals surface area contributed by atoms with Crippen LogP contribution in [0.3, 0.4) is 0 Å². The third kappa shape index (κ3) is 3.96. The van der Waals surface area contributed by atoms with Gasteiger partial charge in [-0.3, -0.25) is 9.78 Å². The number of para-hydroxylation sites is 1. The maximum atomic E-state index is 12.2. The number of allylic oxidation sites excluding steroid dienone is 2. The Kier molecular flexibility index (Phi) is 4.93. The summed E-state index contributed by atoms with van der Waals surface area (Å²) in [4.78, 5) is 20.7. The van der Waals surface area contributed by atoms with Crippen LogP contribution >= 0.6 is 0 Å². The number of aromatic nitrogens is 2. The lowest BCUT2D eigenvalue weighted by atomic mass is 10.1. The van der Waals surface area contributed by atoms with Crippen molar-refractivity contribution in [3.8, 4) is 5.75 Å². The molecule has 1 aliphatic rings. The molecule has 1 aliphatic carbocycles. The van der Waals surface area contributed by atoms with E-state index in [1.54, 1.807) is 6.20 Å². The fourth-order valence-electron chi connectivity index (χ4n) is 2.93. The normalized spacial score (nSPS) is 14.9. The van der Waals surface area contributed by atoms with Gasteiger partial charge in [-0.25, -0.2) is 4.98 Å². The third-order valence-corrected chi connectivity index (χ3v) is 4.80. The standard InChI is InChI=1S/C22H21N3O3/c1-2-22(10-11-22)9-5-13-24-21(26)17-14-28-19(25-17)15-27-18-8-3-6-16-7-4-12-23-20(16)18/h2-9,12,14H,1,10-11,13,15H2,(H,24,26)/b9-5+. The number of amides is 1. The number of ether oxygens (including phenoxy) is 1. The van der Waals surface area contributed by atoms with E-state index in [1.165, 1.54) is 6.26 Å². The second-order valence-corrected chi connectivity index (χ2v) is 6.80. The Morgan fingerprint density at radius 3 is 3.00 bits per heavy atom. The number of oxazole rings is 1. The molecule has 1 fully saturated rings. The van der Waals surface area contributed by atoms with Gasteiger partial charge in [0.2, 0.25) is 5.89 Å². The number of hydrogen-bond donors (Lipinski definition) is 1. The first-order chi connectivity index (χ1) is 13.7. The molecule has 0 unspecified atom stereocenters. The number of nitrogens with one attached hydrogen (secondary N) is 1. The maximum Gasteiger partial charge on any atom is 0.273 e. The van der Waals surface area contributed by atoms with Crippen LogP contribution in [0.4, 0.5) is 0 Å². The summed E-state index contributed by atoms with van der Waals surface area (Å²) in [5, 5.41) is 3.79. The highest BCUT2D eigenvalue weighted by molar-refractivity contribution is 5.92. The molecule has 0 atom stereocenters. The van der Waals surface area contributed by atoms with Crippen LogP contribution in [0.5, 0.6) is 5.75 Å². The molecule has 0 spiro atoms. The molecule has 0 bridgehead atoms. The summed E-state index contributed by atoms with van der Waals surface area (Å²) in [6.07, 6.45) is 11.3. The number of rotatable bonds is 8. The van der Waals surface area contributed by atoms with Crippen molar-refractivity contribution in [2.45, 2.75) is 19.4 Å². The molecule has 2 aromatic heterocycles. The Bertz CT molecular complexity index is 1030. The fourth-order valence-corrected chi connectivity index (χ4v) is 2.93. The molecule has 2 heterocycles. The van der Waals surface area contributed by atoms with Crippen LogP contribution in [0.1, 0.15) is 29.2 Å². The number of benzene rings is 1. The van der Waals surface area contributed by atoms with E-state index in [2.05, 4.69) is 27.9 Å². The number of carbonyl (C=O) groups excluding carboxylic acids is 1. The summed E-state index contributed by atoms with van der Waals surface area (Å²) in [5.74, 6) is 0.691. The molecule has 6 nitrogen and oxygen atoms in total. The van der Waals surface area contributed by atoms with Gasteiger partial charge in [0.25, 0.3) is 5.91 Å². The smallest absolute Gasteiger partial charge is 0.273 e. The summed E-state index contributed by atoms with van der Waals surface area (Å²) in [7, 11) is 0. The highest BCUT2D eigenvalue weighted by Crippen LogP contribution is 2.47. The summed E-state index contributed by atoms with van der Waals surface area (Å²) in [6, 6.07) is 9.56. The molecule has 1 aromatic carbocycles. The molecule has 1 amide bonds. The molecule has 28 heavy (non-hydrogen) atoms. The second kappa shape index (κ2) is 7.68. The monoisotopic (exact) mass is 375 g/mol. The molecule has 0 saturated heterocycles. The SMILES string of the molecule is C=CC1(/C=C/CNC(=O)c2coc(COc3cccc4cccnc34)n2)CC1. The van der Waals surface area contributed by atoms with Crippen LogP contribution in [0.25, 0.3) is 10.9 Å². The van der Waals surface area contributed by atoms with E-state index >= 15 is 0 Å². The van der Waals surface area contributed by atoms with E-state index in [0.717, 1.165) is 23.7 Å². The van der Waals surface area contributed by atoms with Gasteiger partial charge in [0, 0.05) is 23.5 Å². The Hall–Kier alpha value is -3.41. The molecular formula is C22H21N3O3. The maximum absolute atomic E-state index is 12.2. The average molecular weight is 375 g/mol. The first kappa shape index (κ1) is 18.0. The molecule has 142 valence electrons. The Morgan fingerprint density at radius 1 is 1.32 bits per heavy atom. The molecule has 4 rings (SSSR count). The Morgan fingerprint density at radius 2 is 2.18 bits per heavy atom. The predicted molar refractivity (Wildman–Crippen MR) is 106 cm³/mol. The number of nitrogens with zero attached hydrogens (tertiary/aromatic N) is 2. The van der Waals surface area contributed by atoms with Gasteiger partial charge in [-0.1, -0.05) is 36.4 Å². The van der Waals surface area contributed by atoms with E-state index in [1.807, 2.05) is 42.5 Å². The molecule has 0 radical (unpaired) electrons. The molecule has 6 heteroatoms. The van der Waals surface area contributed by atoms with Gasteiger partial charge >= 0.3 is 0 Å². The lowest BCUT2D eigenvalue weighted by Crippen LogP contribution is -2.23. The summed E-state index contributed by atoms with van der Waals surface area (Å²) < 4.78 is 11.1. The van der Waals surface area contributed by atoms with Crippen LogP contribution in [0.15, 0.2) is 72.0 Å². The van der Waals surface area contributed by atoms with E-state index in [0.29, 0.717) is 18.2 Å². The van der Waals surface area contributed by atoms with Crippen LogP contribution in [-0.4, -0.2) is 22.4 Å². The van der Waals surface area contributed by atoms with Crippen molar-refractivity contribution < 1.29 is 13.9 Å². The fraction of sp³-hybridized carbons (Fsp3) is 0.227. The predicted octanol–water partition coefficient (Wildman–Crippen LogP) is 4.05. The van der Waals surface area contributed by atoms with E-state index in [9.17, 15) is 4.79 Å². The van der Waals surface area contributed by atoms with Crippen LogP contribution in [0.2, 0.25) is 0 Å². The van der Waals surface area contributed by atoms with Gasteiger partial charge in [-0.2, -0.15) is 0 Å². The minimum absolute atomic E-state index is 0.116. The lowest BCUT2D eigenvalue weighted by Gasteiger charge is -2.06. The molecule has 1 saturated carbocycles. The zero-order chi connectivity index (χ0) is 19.4. The number of carbonyl (C=O) groups is 1. The number of pyridine rings is 1. The van der Waals surface area contributed by atoms with Gasteiger partial charge in [0.05, 0.1) is 0 Å². The van der Waals surface area contributed by atoms with Gasteiger partial charge in [-0.05, 0) is 25.0 Å². The molecule has 0 aliphatic heterocycles. The van der Waals surface area contributed by atoms with Crippen molar-refractivity contribution in [1.82, 2.24) is 15.3 Å². The quantitative estimate of drug-likeness (QED) is 0.601. The van der Waals surface area contributed by atoms with Gasteiger partial charge in [0.1, 0.15) is 17.5 Å². The minimum atomic E-state index is -0.282. The zero-order valence-corrected chi connectivity index (χ0v) is 15.4. The van der Waals surface area contributed by atoms with E-state index in [-0.39, 0.29) is 23.6 Å². The zero-order valence-electron chi connectivity index (χ0n) is 15.4. The topological polar surface area (TPSA) is 77.2 Å². The average Bonchev–Trinajstić information content (AvgIpc) is 3.36. The highest BCUT2D eigenvalue weighted by atomic mass is 16.5. The van der Waals surface area contributed by atoms with E-state index in [4.69, 9.17) is 9.15 Å². The molecule has 3 aromatic rings. The van der Waals surface area contributed by atoms with Crippen LogP contribution in [0, 0.1) is 5.41 Å². The van der Waals surface area contributed by atoms with Crippen molar-refractivity contribution in [1.29, 1.82) is 0 Å². The first-order valence-electron chi connectivity index (χ1n) is 9.20. The largest absolute Gasteiger partial charge is 0.482 e. The number of hydrogen-bond acceptors (Lipinski definition) is 5. The number of fused-ring (bicyclic) bond motifs is 1. The van der Waals surface area contributed by atoms with Gasteiger partial charge in [0.15, 0.2) is 12.3 Å². The minimum Gasteiger partial charge on any atom is -0.482 e. The van der Waals surface area contributed by atoms with Crippen LogP contribution in [-0.2, 0) is 6.61 Å². The van der Waals surface area contributed by atoms with E-state index < -0.39 is 0 Å². The van der Waals surface area contributed by atoms with Crippen molar-refractivity contribution >= 4 is 16.8 Å². The first-order valence-corrected chi connectivity index (χ1v) is 9.20. The Labute approximate surface area is 162 Å². The Balaban J connectivity index is 1.32. The summed E-state index contributed by atoms with van der Waals surface area (Å²) >= 11 is 0. The summed E-state index contributed by atoms with van der Waals surface area (Å²) in [5.41, 5.74) is 1.14. The van der Waals surface area contributed by atoms with Crippen molar-refractivity contribution in [3.63, 3.8) is 0 Å². The highest BCUT2D eigenvalue weighted by Gasteiger charge is 2.36. The lowest BCUT2D eigenvalue weighted by molar-refractivity contribution is 0.0953.